The molecule has 0 spiro atoms. The van der Waals surface area contributed by atoms with Gasteiger partial charge in [0.25, 0.3) is 0 Å². The molecule has 1 N–H and O–H groups in total. The van der Waals surface area contributed by atoms with Gasteiger partial charge in [-0.1, -0.05) is 6.92 Å². The van der Waals surface area contributed by atoms with Crippen molar-refractivity contribution in [3.05, 3.63) is 0 Å². The van der Waals surface area contributed by atoms with Crippen molar-refractivity contribution in [2.24, 2.45) is 5.92 Å². The van der Waals surface area contributed by atoms with Crippen LogP contribution in [0.2, 0.25) is 0 Å². The Balaban J connectivity index is 2.58. The summed E-state index contributed by atoms with van der Waals surface area (Å²) in [6.07, 6.45) is 2.08. The normalized spacial score (nSPS) is 20.2. The first kappa shape index (κ1) is 14.0. The van der Waals surface area contributed by atoms with E-state index < -0.39 is 11.8 Å². The van der Waals surface area contributed by atoms with Gasteiger partial charge < -0.3 is 14.9 Å². The molecule has 17 heavy (non-hydrogen) atoms. The third kappa shape index (κ3) is 3.70. The van der Waals surface area contributed by atoms with Crippen LogP contribution in [0.1, 0.15) is 26.7 Å². The van der Waals surface area contributed by atoms with Crippen LogP contribution < -0.4 is 0 Å². The highest BCUT2D eigenvalue weighted by Gasteiger charge is 2.28. The molecule has 1 rings (SSSR count). The van der Waals surface area contributed by atoms with Crippen molar-refractivity contribution in [2.45, 2.75) is 26.7 Å². The number of hydrogen-bond acceptors (Lipinski definition) is 3. The number of nitrogens with zero attached hydrogens (tertiary/aromatic N) is 2. The predicted molar refractivity (Wildman–Crippen MR) is 64.3 cm³/mol. The average Bonchev–Trinajstić information content (AvgIpc) is 2.34. The van der Waals surface area contributed by atoms with Gasteiger partial charge in [-0.2, -0.15) is 0 Å². The molecule has 1 heterocycles. The number of carbonyl (C=O) groups is 2. The summed E-state index contributed by atoms with van der Waals surface area (Å²) in [7, 11) is 0. The number of piperidine rings is 1. The number of likely N-dealkylation sites (N-methyl/N-ethyl adjacent to an activating group) is 1. The maximum atomic E-state index is 12.0. The first-order valence-corrected chi connectivity index (χ1v) is 6.29. The monoisotopic (exact) mass is 242 g/mol. The maximum Gasteiger partial charge on any atom is 0.312 e. The minimum atomic E-state index is -0.490. The number of rotatable bonds is 3. The molecule has 0 saturated carbocycles. The van der Waals surface area contributed by atoms with Crippen molar-refractivity contribution in [2.75, 3.05) is 32.8 Å². The Morgan fingerprint density at radius 1 is 1.47 bits per heavy atom. The highest BCUT2D eigenvalue weighted by atomic mass is 16.3. The van der Waals surface area contributed by atoms with Crippen LogP contribution in [0.5, 0.6) is 0 Å². The van der Waals surface area contributed by atoms with Crippen LogP contribution in [0.4, 0.5) is 0 Å². The maximum absolute atomic E-state index is 12.0. The number of likely N-dealkylation sites (tertiary alicyclic amines) is 1. The number of amides is 2. The second-order valence-corrected chi connectivity index (χ2v) is 4.61. The summed E-state index contributed by atoms with van der Waals surface area (Å²) in [5, 5.41) is 8.83. The molecule has 0 bridgehead atoms. The minimum Gasteiger partial charge on any atom is -0.395 e. The summed E-state index contributed by atoms with van der Waals surface area (Å²) in [5.74, 6) is -0.448. The zero-order chi connectivity index (χ0) is 12.8. The molecule has 1 saturated heterocycles. The quantitative estimate of drug-likeness (QED) is 0.713. The molecule has 0 aromatic carbocycles. The van der Waals surface area contributed by atoms with Gasteiger partial charge in [0.2, 0.25) is 0 Å². The van der Waals surface area contributed by atoms with Crippen molar-refractivity contribution in [1.29, 1.82) is 0 Å². The molecule has 0 aromatic heterocycles. The Labute approximate surface area is 102 Å². The van der Waals surface area contributed by atoms with Crippen molar-refractivity contribution >= 4 is 11.8 Å². The topological polar surface area (TPSA) is 60.9 Å². The van der Waals surface area contributed by atoms with E-state index in [9.17, 15) is 9.59 Å². The molecule has 1 aliphatic heterocycles. The molecule has 0 aliphatic carbocycles. The number of aliphatic hydroxyl groups is 1. The Kier molecular flexibility index (Phi) is 5.41. The fourth-order valence-corrected chi connectivity index (χ4v) is 2.17. The van der Waals surface area contributed by atoms with Crippen LogP contribution >= 0.6 is 0 Å². The molecular formula is C12H22N2O3. The standard InChI is InChI=1S/C12H22N2O3/c1-3-13(7-8-15)11(16)12(17)14-6-4-5-10(2)9-14/h10,15H,3-9H2,1-2H3. The molecule has 1 atom stereocenters. The predicted octanol–water partition coefficient (Wildman–Crippen LogP) is 0.0857. The van der Waals surface area contributed by atoms with Gasteiger partial charge in [0, 0.05) is 26.2 Å². The van der Waals surface area contributed by atoms with Gasteiger partial charge in [-0.25, -0.2) is 0 Å². The van der Waals surface area contributed by atoms with Crippen LogP contribution in [-0.2, 0) is 9.59 Å². The highest BCUT2D eigenvalue weighted by Crippen LogP contribution is 2.15. The lowest BCUT2D eigenvalue weighted by atomic mass is 10.0. The van der Waals surface area contributed by atoms with E-state index in [1.54, 1.807) is 11.8 Å². The average molecular weight is 242 g/mol. The fraction of sp³-hybridized carbons (Fsp3) is 0.833. The summed E-state index contributed by atoms with van der Waals surface area (Å²) in [6, 6.07) is 0. The van der Waals surface area contributed by atoms with Crippen molar-refractivity contribution < 1.29 is 14.7 Å². The molecule has 0 radical (unpaired) electrons. The Hall–Kier alpha value is -1.10. The zero-order valence-corrected chi connectivity index (χ0v) is 10.7. The number of carbonyl (C=O) groups excluding carboxylic acids is 2. The third-order valence-electron chi connectivity index (χ3n) is 3.17. The van der Waals surface area contributed by atoms with Crippen molar-refractivity contribution in [3.8, 4) is 0 Å². The van der Waals surface area contributed by atoms with E-state index in [0.717, 1.165) is 12.8 Å². The Bertz CT molecular complexity index is 281. The zero-order valence-electron chi connectivity index (χ0n) is 10.7. The second kappa shape index (κ2) is 6.59. The smallest absolute Gasteiger partial charge is 0.312 e. The molecular weight excluding hydrogens is 220 g/mol. The first-order valence-electron chi connectivity index (χ1n) is 6.29. The molecule has 5 nitrogen and oxygen atoms in total. The van der Waals surface area contributed by atoms with Crippen LogP contribution in [0.15, 0.2) is 0 Å². The first-order chi connectivity index (χ1) is 8.10. The van der Waals surface area contributed by atoms with E-state index in [2.05, 4.69) is 6.92 Å². The third-order valence-corrected chi connectivity index (χ3v) is 3.17. The summed E-state index contributed by atoms with van der Waals surface area (Å²) < 4.78 is 0. The van der Waals surface area contributed by atoms with Gasteiger partial charge in [0.15, 0.2) is 0 Å². The largest absolute Gasteiger partial charge is 0.395 e. The molecule has 1 aliphatic rings. The second-order valence-electron chi connectivity index (χ2n) is 4.61. The van der Waals surface area contributed by atoms with Gasteiger partial charge in [-0.05, 0) is 25.7 Å². The number of hydrogen-bond donors (Lipinski definition) is 1. The van der Waals surface area contributed by atoms with Gasteiger partial charge in [-0.3, -0.25) is 9.59 Å². The van der Waals surface area contributed by atoms with E-state index in [4.69, 9.17) is 5.11 Å². The molecule has 2 amide bonds. The van der Waals surface area contributed by atoms with Gasteiger partial charge in [0.1, 0.15) is 0 Å². The number of aliphatic hydroxyl groups excluding tert-OH is 1. The fourth-order valence-electron chi connectivity index (χ4n) is 2.17. The van der Waals surface area contributed by atoms with Crippen LogP contribution in [0, 0.1) is 5.92 Å². The summed E-state index contributed by atoms with van der Waals surface area (Å²) in [6.45, 7) is 5.81. The lowest BCUT2D eigenvalue weighted by Gasteiger charge is -2.32. The summed E-state index contributed by atoms with van der Waals surface area (Å²) >= 11 is 0. The van der Waals surface area contributed by atoms with Crippen LogP contribution in [0.3, 0.4) is 0 Å². The van der Waals surface area contributed by atoms with E-state index >= 15 is 0 Å². The lowest BCUT2D eigenvalue weighted by Crippen LogP contribution is -2.49. The van der Waals surface area contributed by atoms with E-state index in [0.29, 0.717) is 25.6 Å². The van der Waals surface area contributed by atoms with E-state index in [-0.39, 0.29) is 13.2 Å². The minimum absolute atomic E-state index is 0.108. The molecule has 1 fully saturated rings. The Morgan fingerprint density at radius 2 is 2.18 bits per heavy atom. The van der Waals surface area contributed by atoms with Gasteiger partial charge in [0.05, 0.1) is 6.61 Å². The highest BCUT2D eigenvalue weighted by molar-refractivity contribution is 6.34. The summed E-state index contributed by atoms with van der Waals surface area (Å²) in [5.41, 5.74) is 0. The van der Waals surface area contributed by atoms with Gasteiger partial charge >= 0.3 is 11.8 Å². The molecule has 98 valence electrons. The lowest BCUT2D eigenvalue weighted by molar-refractivity contribution is -0.153. The van der Waals surface area contributed by atoms with Crippen LogP contribution in [-0.4, -0.2) is 59.5 Å². The van der Waals surface area contributed by atoms with Gasteiger partial charge in [-0.15, -0.1) is 0 Å². The molecule has 1 unspecified atom stereocenters. The molecule has 0 aromatic rings. The molecule has 5 heteroatoms. The van der Waals surface area contributed by atoms with Crippen molar-refractivity contribution in [3.63, 3.8) is 0 Å². The van der Waals surface area contributed by atoms with E-state index in [1.807, 2.05) is 0 Å². The summed E-state index contributed by atoms with van der Waals surface area (Å²) in [4.78, 5) is 26.9. The SMILES string of the molecule is CCN(CCO)C(=O)C(=O)N1CCCC(C)C1. The van der Waals surface area contributed by atoms with Crippen molar-refractivity contribution in [1.82, 2.24) is 9.80 Å². The van der Waals surface area contributed by atoms with Crippen LogP contribution in [0.25, 0.3) is 0 Å². The Morgan fingerprint density at radius 3 is 2.71 bits per heavy atom. The van der Waals surface area contributed by atoms with E-state index in [1.165, 1.54) is 4.90 Å².